The Labute approximate surface area is 37.0 Å². The van der Waals surface area contributed by atoms with Crippen molar-refractivity contribution < 1.29 is 5.73 Å². The van der Waals surface area contributed by atoms with E-state index in [4.69, 9.17) is 0 Å². The molecule has 0 aliphatic carbocycles. The molecule has 2 nitrogen and oxygen atoms in total. The zero-order chi connectivity index (χ0) is 4.41. The summed E-state index contributed by atoms with van der Waals surface area (Å²) in [7, 11) is 0. The molecule has 1 unspecified atom stereocenters. The van der Waals surface area contributed by atoms with Crippen LogP contribution in [0, 0.1) is 0 Å². The molecular formula is C4H9N2+. The largest absolute Gasteiger partial charge is 0.339 e. The van der Waals surface area contributed by atoms with Gasteiger partial charge in [-0.1, -0.05) is 6.08 Å². The Hall–Kier alpha value is -0.340. The Kier molecular flexibility index (Phi) is 0.900. The Morgan fingerprint density at radius 1 is 1.83 bits per heavy atom. The van der Waals surface area contributed by atoms with Crippen LogP contribution >= 0.6 is 0 Å². The maximum atomic E-state index is 3.74. The van der Waals surface area contributed by atoms with Crippen LogP contribution in [0.4, 0.5) is 0 Å². The van der Waals surface area contributed by atoms with Crippen LogP contribution in [0.5, 0.6) is 0 Å². The fraction of sp³-hybridized carbons (Fsp3) is 0.500. The molecule has 0 amide bonds. The first-order valence-corrected chi connectivity index (χ1v) is 2.13. The molecule has 0 saturated carbocycles. The molecular weight excluding hydrogens is 76.1 g/mol. The molecule has 0 radical (unpaired) electrons. The van der Waals surface area contributed by atoms with Gasteiger partial charge < -0.3 is 5.73 Å². The minimum absolute atomic E-state index is 0.366. The summed E-state index contributed by atoms with van der Waals surface area (Å²) in [6.07, 6.45) is 4.50. The molecule has 34 valence electrons. The van der Waals surface area contributed by atoms with Gasteiger partial charge in [0.15, 0.2) is 6.17 Å². The standard InChI is InChI=1S/C4H8N2/c5-4-2-1-3-6-4/h1-2,4,6H,3,5H2/p+1. The molecule has 0 saturated heterocycles. The van der Waals surface area contributed by atoms with Crippen molar-refractivity contribution in [2.75, 3.05) is 6.54 Å². The highest BCUT2D eigenvalue weighted by atomic mass is 15.0. The molecule has 0 aromatic rings. The van der Waals surface area contributed by atoms with E-state index in [1.807, 2.05) is 0 Å². The number of quaternary nitrogens is 1. The van der Waals surface area contributed by atoms with Crippen molar-refractivity contribution in [1.29, 1.82) is 0 Å². The van der Waals surface area contributed by atoms with Crippen LogP contribution in [-0.2, 0) is 0 Å². The highest BCUT2D eigenvalue weighted by Gasteiger charge is 2.00. The lowest BCUT2D eigenvalue weighted by atomic mass is 10.5. The third-order valence-corrected chi connectivity index (χ3v) is 0.866. The molecule has 6 heavy (non-hydrogen) atoms. The summed E-state index contributed by atoms with van der Waals surface area (Å²) in [6, 6.07) is 0. The van der Waals surface area contributed by atoms with Gasteiger partial charge in [-0.2, -0.15) is 0 Å². The van der Waals surface area contributed by atoms with E-state index in [1.54, 1.807) is 0 Å². The van der Waals surface area contributed by atoms with Crippen molar-refractivity contribution in [3.05, 3.63) is 12.2 Å². The normalized spacial score (nSPS) is 31.8. The monoisotopic (exact) mass is 85.1 g/mol. The van der Waals surface area contributed by atoms with Crippen molar-refractivity contribution in [2.45, 2.75) is 6.17 Å². The van der Waals surface area contributed by atoms with Gasteiger partial charge in [-0.3, -0.25) is 5.32 Å². The van der Waals surface area contributed by atoms with Crippen molar-refractivity contribution in [3.8, 4) is 0 Å². The highest BCUT2D eigenvalue weighted by Crippen LogP contribution is 1.80. The van der Waals surface area contributed by atoms with Crippen molar-refractivity contribution in [1.82, 2.24) is 5.32 Å². The van der Waals surface area contributed by atoms with Crippen LogP contribution in [0.15, 0.2) is 12.2 Å². The molecule has 0 aromatic carbocycles. The molecule has 0 bridgehead atoms. The van der Waals surface area contributed by atoms with Crippen molar-refractivity contribution in [3.63, 3.8) is 0 Å². The summed E-state index contributed by atoms with van der Waals surface area (Å²) in [4.78, 5) is 0. The first kappa shape index (κ1) is 3.84. The summed E-state index contributed by atoms with van der Waals surface area (Å²) >= 11 is 0. The molecule has 2 heteroatoms. The van der Waals surface area contributed by atoms with Gasteiger partial charge in [-0.25, -0.2) is 0 Å². The maximum Gasteiger partial charge on any atom is 0.157 e. The van der Waals surface area contributed by atoms with E-state index in [1.165, 1.54) is 0 Å². The van der Waals surface area contributed by atoms with Crippen LogP contribution in [0.25, 0.3) is 0 Å². The van der Waals surface area contributed by atoms with E-state index in [0.717, 1.165) is 6.54 Å². The number of hydrogen-bond donors (Lipinski definition) is 2. The summed E-state index contributed by atoms with van der Waals surface area (Å²) in [5.41, 5.74) is 3.74. The van der Waals surface area contributed by atoms with Crippen LogP contribution in [0.2, 0.25) is 0 Å². The second-order valence-corrected chi connectivity index (χ2v) is 1.44. The summed E-state index contributed by atoms with van der Waals surface area (Å²) in [5, 5.41) is 3.10. The average Bonchev–Trinajstić information content (AvgIpc) is 1.86. The SMILES string of the molecule is [NH3+]C1C=CCN1. The van der Waals surface area contributed by atoms with Gasteiger partial charge in [-0.05, 0) is 6.08 Å². The molecule has 0 aromatic heterocycles. The van der Waals surface area contributed by atoms with Crippen LogP contribution in [0.3, 0.4) is 0 Å². The summed E-state index contributed by atoms with van der Waals surface area (Å²) in [5.74, 6) is 0. The van der Waals surface area contributed by atoms with Crippen LogP contribution in [0.1, 0.15) is 0 Å². The van der Waals surface area contributed by atoms with Gasteiger partial charge in [0.25, 0.3) is 0 Å². The van der Waals surface area contributed by atoms with Gasteiger partial charge in [-0.15, -0.1) is 0 Å². The maximum absolute atomic E-state index is 3.74. The lowest BCUT2D eigenvalue weighted by molar-refractivity contribution is -0.409. The lowest BCUT2D eigenvalue weighted by Crippen LogP contribution is -2.65. The number of rotatable bonds is 0. The molecule has 4 N–H and O–H groups in total. The number of hydrogen-bond acceptors (Lipinski definition) is 1. The molecule has 0 fully saturated rings. The van der Waals surface area contributed by atoms with Gasteiger partial charge in [0.05, 0.1) is 0 Å². The average molecular weight is 85.1 g/mol. The third-order valence-electron chi connectivity index (χ3n) is 0.866. The van der Waals surface area contributed by atoms with E-state index in [2.05, 4.69) is 23.2 Å². The number of nitrogens with one attached hydrogen (secondary N) is 1. The minimum atomic E-state index is 0.366. The fourth-order valence-electron chi connectivity index (χ4n) is 0.520. The van der Waals surface area contributed by atoms with E-state index in [0.29, 0.717) is 6.17 Å². The Morgan fingerprint density at radius 2 is 2.67 bits per heavy atom. The Morgan fingerprint density at radius 3 is 2.83 bits per heavy atom. The van der Waals surface area contributed by atoms with Gasteiger partial charge >= 0.3 is 0 Å². The molecule has 1 heterocycles. The molecule has 0 spiro atoms. The van der Waals surface area contributed by atoms with E-state index in [-0.39, 0.29) is 0 Å². The van der Waals surface area contributed by atoms with Gasteiger partial charge in [0.1, 0.15) is 0 Å². The minimum Gasteiger partial charge on any atom is -0.339 e. The third kappa shape index (κ3) is 0.584. The quantitative estimate of drug-likeness (QED) is 0.353. The molecule has 1 atom stereocenters. The predicted molar refractivity (Wildman–Crippen MR) is 23.8 cm³/mol. The molecule has 1 aliphatic heterocycles. The Bertz CT molecular complexity index is 67.9. The van der Waals surface area contributed by atoms with E-state index < -0.39 is 0 Å². The van der Waals surface area contributed by atoms with Crippen molar-refractivity contribution >= 4 is 0 Å². The second-order valence-electron chi connectivity index (χ2n) is 1.44. The van der Waals surface area contributed by atoms with Crippen LogP contribution < -0.4 is 11.1 Å². The summed E-state index contributed by atoms with van der Waals surface area (Å²) in [6.45, 7) is 0.994. The zero-order valence-corrected chi connectivity index (χ0v) is 3.65. The Balaban J connectivity index is 2.38. The predicted octanol–water partition coefficient (Wildman–Crippen LogP) is -1.29. The first-order chi connectivity index (χ1) is 2.89. The molecule has 1 rings (SSSR count). The first-order valence-electron chi connectivity index (χ1n) is 2.13. The van der Waals surface area contributed by atoms with Gasteiger partial charge in [0.2, 0.25) is 0 Å². The second kappa shape index (κ2) is 1.41. The fourth-order valence-corrected chi connectivity index (χ4v) is 0.520. The van der Waals surface area contributed by atoms with E-state index >= 15 is 0 Å². The smallest absolute Gasteiger partial charge is 0.157 e. The van der Waals surface area contributed by atoms with Crippen molar-refractivity contribution in [2.24, 2.45) is 0 Å². The topological polar surface area (TPSA) is 39.7 Å². The highest BCUT2D eigenvalue weighted by molar-refractivity contribution is 4.95. The lowest BCUT2D eigenvalue weighted by Gasteiger charge is -1.91. The van der Waals surface area contributed by atoms with Crippen LogP contribution in [-0.4, -0.2) is 12.7 Å². The van der Waals surface area contributed by atoms with Gasteiger partial charge in [0, 0.05) is 6.54 Å². The zero-order valence-electron chi connectivity index (χ0n) is 3.65. The summed E-state index contributed by atoms with van der Waals surface area (Å²) < 4.78 is 0. The molecule has 1 aliphatic rings. The van der Waals surface area contributed by atoms with E-state index in [9.17, 15) is 0 Å².